The van der Waals surface area contributed by atoms with Crippen molar-refractivity contribution in [1.82, 2.24) is 4.90 Å². The second kappa shape index (κ2) is 6.65. The zero-order valence-electron chi connectivity index (χ0n) is 12.9. The van der Waals surface area contributed by atoms with E-state index in [0.717, 1.165) is 23.1 Å². The summed E-state index contributed by atoms with van der Waals surface area (Å²) in [5.74, 6) is -0.489. The molecule has 1 heterocycles. The van der Waals surface area contributed by atoms with E-state index in [2.05, 4.69) is 0 Å². The summed E-state index contributed by atoms with van der Waals surface area (Å²) in [6.07, 6.45) is 1.82. The molecule has 0 fully saturated rings. The number of carbonyl (C=O) groups is 2. The van der Waals surface area contributed by atoms with Crippen LogP contribution in [0.4, 0.5) is 0 Å². The third-order valence-electron chi connectivity index (χ3n) is 4.34. The standard InChI is InChI=1S/C19H20N2O2/c20-19(23)18-16-9-5-4-8-15(16)12-13-21(18)17(22)11-10-14-6-2-1-3-7-14/h1-9,18H,10-13H2,(H2,20,23). The van der Waals surface area contributed by atoms with Crippen molar-refractivity contribution in [3.63, 3.8) is 0 Å². The summed E-state index contributed by atoms with van der Waals surface area (Å²) in [5, 5.41) is 0. The minimum absolute atomic E-state index is 0.0212. The molecule has 23 heavy (non-hydrogen) atoms. The number of hydrogen-bond donors (Lipinski definition) is 1. The molecule has 4 nitrogen and oxygen atoms in total. The highest BCUT2D eigenvalue weighted by atomic mass is 16.2. The Labute approximate surface area is 135 Å². The monoisotopic (exact) mass is 308 g/mol. The minimum atomic E-state index is -0.650. The Kier molecular flexibility index (Phi) is 4.42. The number of hydrogen-bond acceptors (Lipinski definition) is 2. The first-order chi connectivity index (χ1) is 11.2. The highest BCUT2D eigenvalue weighted by Gasteiger charge is 2.33. The highest BCUT2D eigenvalue weighted by molar-refractivity contribution is 5.88. The van der Waals surface area contributed by atoms with Gasteiger partial charge >= 0.3 is 0 Å². The smallest absolute Gasteiger partial charge is 0.244 e. The molecule has 0 spiro atoms. The number of amides is 2. The van der Waals surface area contributed by atoms with Gasteiger partial charge in [-0.3, -0.25) is 9.59 Å². The maximum Gasteiger partial charge on any atom is 0.244 e. The molecule has 2 N–H and O–H groups in total. The molecule has 1 aliphatic heterocycles. The van der Waals surface area contributed by atoms with Crippen LogP contribution in [0.25, 0.3) is 0 Å². The Morgan fingerprint density at radius 3 is 2.48 bits per heavy atom. The minimum Gasteiger partial charge on any atom is -0.368 e. The molecule has 3 rings (SSSR count). The van der Waals surface area contributed by atoms with E-state index in [9.17, 15) is 9.59 Å². The number of aryl methyl sites for hydroxylation is 1. The molecular formula is C19H20N2O2. The molecule has 118 valence electrons. The fraction of sp³-hybridized carbons (Fsp3) is 0.263. The summed E-state index contributed by atoms with van der Waals surface area (Å²) in [4.78, 5) is 26.2. The van der Waals surface area contributed by atoms with Gasteiger partial charge in [-0.15, -0.1) is 0 Å². The lowest BCUT2D eigenvalue weighted by Gasteiger charge is -2.35. The first-order valence-corrected chi connectivity index (χ1v) is 7.87. The van der Waals surface area contributed by atoms with Gasteiger partial charge in [0.15, 0.2) is 0 Å². The zero-order valence-corrected chi connectivity index (χ0v) is 12.9. The number of fused-ring (bicyclic) bond motifs is 1. The third kappa shape index (κ3) is 3.26. The lowest BCUT2D eigenvalue weighted by atomic mass is 9.91. The summed E-state index contributed by atoms with van der Waals surface area (Å²) in [5.41, 5.74) is 8.66. The quantitative estimate of drug-likeness (QED) is 0.941. The van der Waals surface area contributed by atoms with Gasteiger partial charge in [0.05, 0.1) is 0 Å². The average Bonchev–Trinajstić information content (AvgIpc) is 2.59. The van der Waals surface area contributed by atoms with Gasteiger partial charge in [-0.2, -0.15) is 0 Å². The van der Waals surface area contributed by atoms with Crippen LogP contribution in [-0.4, -0.2) is 23.3 Å². The van der Waals surface area contributed by atoms with Gasteiger partial charge in [-0.1, -0.05) is 54.6 Å². The van der Waals surface area contributed by atoms with E-state index in [1.54, 1.807) is 4.90 Å². The van der Waals surface area contributed by atoms with Crippen LogP contribution in [0.5, 0.6) is 0 Å². The van der Waals surface area contributed by atoms with Crippen molar-refractivity contribution in [3.05, 3.63) is 71.3 Å². The first-order valence-electron chi connectivity index (χ1n) is 7.87. The van der Waals surface area contributed by atoms with E-state index in [4.69, 9.17) is 5.73 Å². The Balaban J connectivity index is 1.76. The molecule has 2 aromatic rings. The number of nitrogens with two attached hydrogens (primary N) is 1. The SMILES string of the molecule is NC(=O)C1c2ccccc2CCN1C(=O)CCc1ccccc1. The molecule has 0 radical (unpaired) electrons. The van der Waals surface area contributed by atoms with E-state index in [1.807, 2.05) is 54.6 Å². The number of primary amides is 1. The van der Waals surface area contributed by atoms with Crippen LogP contribution in [0.15, 0.2) is 54.6 Å². The molecular weight excluding hydrogens is 288 g/mol. The van der Waals surface area contributed by atoms with Crippen LogP contribution in [0.2, 0.25) is 0 Å². The Morgan fingerprint density at radius 2 is 1.74 bits per heavy atom. The maximum absolute atomic E-state index is 12.6. The summed E-state index contributed by atoms with van der Waals surface area (Å²) >= 11 is 0. The fourth-order valence-corrected chi connectivity index (χ4v) is 3.18. The maximum atomic E-state index is 12.6. The van der Waals surface area contributed by atoms with Crippen molar-refractivity contribution in [2.45, 2.75) is 25.3 Å². The van der Waals surface area contributed by atoms with E-state index < -0.39 is 11.9 Å². The second-order valence-corrected chi connectivity index (χ2v) is 5.83. The van der Waals surface area contributed by atoms with Gasteiger partial charge in [0.1, 0.15) is 6.04 Å². The summed E-state index contributed by atoms with van der Waals surface area (Å²) in [6.45, 7) is 0.540. The molecule has 2 amide bonds. The topological polar surface area (TPSA) is 63.4 Å². The van der Waals surface area contributed by atoms with Gasteiger partial charge in [0.2, 0.25) is 11.8 Å². The van der Waals surface area contributed by atoms with E-state index in [0.29, 0.717) is 19.4 Å². The number of rotatable bonds is 4. The lowest BCUT2D eigenvalue weighted by molar-refractivity contribution is -0.140. The number of carbonyl (C=O) groups excluding carboxylic acids is 2. The van der Waals surface area contributed by atoms with Gasteiger partial charge < -0.3 is 10.6 Å². The Morgan fingerprint density at radius 1 is 1.04 bits per heavy atom. The summed E-state index contributed by atoms with van der Waals surface area (Å²) < 4.78 is 0. The lowest BCUT2D eigenvalue weighted by Crippen LogP contribution is -2.45. The molecule has 1 aliphatic rings. The number of benzene rings is 2. The van der Waals surface area contributed by atoms with Crippen molar-refractivity contribution in [2.75, 3.05) is 6.54 Å². The third-order valence-corrected chi connectivity index (χ3v) is 4.34. The first kappa shape index (κ1) is 15.3. The van der Waals surface area contributed by atoms with Crippen molar-refractivity contribution < 1.29 is 9.59 Å². The predicted octanol–water partition coefficient (Wildman–Crippen LogP) is 2.23. The number of nitrogens with zero attached hydrogens (tertiary/aromatic N) is 1. The van der Waals surface area contributed by atoms with Crippen molar-refractivity contribution in [1.29, 1.82) is 0 Å². The molecule has 0 aliphatic carbocycles. The van der Waals surface area contributed by atoms with Crippen molar-refractivity contribution >= 4 is 11.8 Å². The fourth-order valence-electron chi connectivity index (χ4n) is 3.18. The van der Waals surface area contributed by atoms with E-state index in [-0.39, 0.29) is 5.91 Å². The predicted molar refractivity (Wildman–Crippen MR) is 88.6 cm³/mol. The van der Waals surface area contributed by atoms with Crippen LogP contribution in [0.1, 0.15) is 29.2 Å². The molecule has 1 atom stereocenters. The van der Waals surface area contributed by atoms with Crippen LogP contribution in [-0.2, 0) is 22.4 Å². The van der Waals surface area contributed by atoms with Crippen LogP contribution in [0.3, 0.4) is 0 Å². The Hall–Kier alpha value is -2.62. The second-order valence-electron chi connectivity index (χ2n) is 5.83. The van der Waals surface area contributed by atoms with Crippen LogP contribution in [0, 0.1) is 0 Å². The van der Waals surface area contributed by atoms with Crippen LogP contribution >= 0.6 is 0 Å². The molecule has 0 saturated carbocycles. The summed E-state index contributed by atoms with van der Waals surface area (Å²) in [7, 11) is 0. The molecule has 2 aromatic carbocycles. The largest absolute Gasteiger partial charge is 0.368 e. The van der Waals surface area contributed by atoms with Crippen LogP contribution < -0.4 is 5.73 Å². The zero-order chi connectivity index (χ0) is 16.2. The molecule has 4 heteroatoms. The Bertz CT molecular complexity index is 712. The normalized spacial score (nSPS) is 16.7. The van der Waals surface area contributed by atoms with Crippen molar-refractivity contribution in [2.24, 2.45) is 5.73 Å². The molecule has 1 unspecified atom stereocenters. The average molecular weight is 308 g/mol. The summed E-state index contributed by atoms with van der Waals surface area (Å²) in [6, 6.07) is 17.0. The van der Waals surface area contributed by atoms with Gasteiger partial charge in [-0.05, 0) is 29.5 Å². The van der Waals surface area contributed by atoms with Crippen molar-refractivity contribution in [3.8, 4) is 0 Å². The van der Waals surface area contributed by atoms with Gasteiger partial charge in [0, 0.05) is 13.0 Å². The van der Waals surface area contributed by atoms with E-state index in [1.165, 1.54) is 0 Å². The molecule has 0 saturated heterocycles. The van der Waals surface area contributed by atoms with E-state index >= 15 is 0 Å². The van der Waals surface area contributed by atoms with Gasteiger partial charge in [-0.25, -0.2) is 0 Å². The van der Waals surface area contributed by atoms with Gasteiger partial charge in [0.25, 0.3) is 0 Å². The highest BCUT2D eigenvalue weighted by Crippen LogP contribution is 2.30. The molecule has 0 aromatic heterocycles. The molecule has 0 bridgehead atoms.